The Morgan fingerprint density at radius 2 is 1.76 bits per heavy atom. The van der Waals surface area contributed by atoms with E-state index in [2.05, 4.69) is 5.10 Å². The molecule has 6 heteroatoms. The first-order chi connectivity index (χ1) is 9.82. The summed E-state index contributed by atoms with van der Waals surface area (Å²) in [5, 5.41) is 13.4. The molecule has 3 nitrogen and oxygen atoms in total. The number of hydrogen-bond donors (Lipinski definition) is 1. The van der Waals surface area contributed by atoms with Crippen molar-refractivity contribution >= 4 is 0 Å². The molecule has 0 radical (unpaired) electrons. The molecule has 0 aliphatic heterocycles. The van der Waals surface area contributed by atoms with Gasteiger partial charge >= 0.3 is 6.18 Å². The quantitative estimate of drug-likeness (QED) is 0.942. The predicted molar refractivity (Wildman–Crippen MR) is 73.0 cm³/mol. The third kappa shape index (κ3) is 3.44. The summed E-state index contributed by atoms with van der Waals surface area (Å²) in [7, 11) is 0. The molecule has 0 unspecified atom stereocenters. The number of hydrogen-bond acceptors (Lipinski definition) is 2. The van der Waals surface area contributed by atoms with Crippen LogP contribution in [0.15, 0.2) is 24.3 Å². The van der Waals surface area contributed by atoms with Gasteiger partial charge in [0.15, 0.2) is 0 Å². The summed E-state index contributed by atoms with van der Waals surface area (Å²) in [6.07, 6.45) is -3.78. The summed E-state index contributed by atoms with van der Waals surface area (Å²) in [6, 6.07) is 5.08. The van der Waals surface area contributed by atoms with Crippen LogP contribution in [-0.4, -0.2) is 21.5 Å². The van der Waals surface area contributed by atoms with Gasteiger partial charge < -0.3 is 5.11 Å². The Balaban J connectivity index is 2.21. The second-order valence-electron chi connectivity index (χ2n) is 4.98. The number of halogens is 3. The molecule has 21 heavy (non-hydrogen) atoms. The van der Waals surface area contributed by atoms with Gasteiger partial charge in [-0.2, -0.15) is 18.3 Å². The molecule has 0 saturated carbocycles. The highest BCUT2D eigenvalue weighted by Crippen LogP contribution is 2.29. The second kappa shape index (κ2) is 5.89. The molecule has 0 aliphatic carbocycles. The molecular weight excluding hydrogens is 281 g/mol. The highest BCUT2D eigenvalue weighted by atomic mass is 19.4. The number of aliphatic hydroxyl groups excluding tert-OH is 1. The van der Waals surface area contributed by atoms with Crippen LogP contribution in [-0.2, 0) is 19.1 Å². The van der Waals surface area contributed by atoms with Crippen molar-refractivity contribution in [3.8, 4) is 0 Å². The van der Waals surface area contributed by atoms with Crippen LogP contribution in [0, 0.1) is 13.8 Å². The van der Waals surface area contributed by atoms with Crippen LogP contribution in [0.2, 0.25) is 0 Å². The standard InChI is InChI=1S/C15H17F3N2O/c1-10-14(7-8-21)11(2)20(19-10)9-12-3-5-13(6-4-12)15(16,17)18/h3-6,21H,7-9H2,1-2H3. The van der Waals surface area contributed by atoms with E-state index in [0.29, 0.717) is 13.0 Å². The van der Waals surface area contributed by atoms with Gasteiger partial charge in [-0.3, -0.25) is 4.68 Å². The predicted octanol–water partition coefficient (Wildman–Crippen LogP) is 3.10. The van der Waals surface area contributed by atoms with Crippen LogP contribution in [0.4, 0.5) is 13.2 Å². The highest BCUT2D eigenvalue weighted by Gasteiger charge is 2.29. The minimum absolute atomic E-state index is 0.0493. The number of rotatable bonds is 4. The van der Waals surface area contributed by atoms with Gasteiger partial charge in [0.2, 0.25) is 0 Å². The zero-order valence-corrected chi connectivity index (χ0v) is 11.9. The molecule has 0 fully saturated rings. The van der Waals surface area contributed by atoms with Crippen molar-refractivity contribution in [2.45, 2.75) is 33.0 Å². The van der Waals surface area contributed by atoms with E-state index in [0.717, 1.165) is 34.6 Å². The molecule has 0 saturated heterocycles. The number of aromatic nitrogens is 2. The van der Waals surface area contributed by atoms with Crippen LogP contribution in [0.5, 0.6) is 0 Å². The van der Waals surface area contributed by atoms with Gasteiger partial charge in [-0.15, -0.1) is 0 Å². The molecule has 0 bridgehead atoms. The third-order valence-corrected chi connectivity index (χ3v) is 3.51. The fourth-order valence-electron chi connectivity index (χ4n) is 2.33. The lowest BCUT2D eigenvalue weighted by atomic mass is 10.1. The first-order valence-corrected chi connectivity index (χ1v) is 6.63. The molecule has 0 aliphatic rings. The summed E-state index contributed by atoms with van der Waals surface area (Å²) >= 11 is 0. The smallest absolute Gasteiger partial charge is 0.396 e. The molecule has 1 N–H and O–H groups in total. The molecular formula is C15H17F3N2O. The number of aliphatic hydroxyl groups is 1. The minimum Gasteiger partial charge on any atom is -0.396 e. The summed E-state index contributed by atoms with van der Waals surface area (Å²) in [5.74, 6) is 0. The molecule has 0 amide bonds. The molecule has 114 valence electrons. The van der Waals surface area contributed by atoms with Gasteiger partial charge in [-0.1, -0.05) is 12.1 Å². The van der Waals surface area contributed by atoms with E-state index in [1.54, 1.807) is 4.68 Å². The van der Waals surface area contributed by atoms with Gasteiger partial charge in [0, 0.05) is 12.3 Å². The van der Waals surface area contributed by atoms with Crippen molar-refractivity contribution in [2.24, 2.45) is 0 Å². The minimum atomic E-state index is -4.31. The van der Waals surface area contributed by atoms with Crippen molar-refractivity contribution < 1.29 is 18.3 Å². The lowest BCUT2D eigenvalue weighted by molar-refractivity contribution is -0.137. The number of aryl methyl sites for hydroxylation is 1. The van der Waals surface area contributed by atoms with E-state index in [-0.39, 0.29) is 6.61 Å². The first kappa shape index (κ1) is 15.6. The zero-order chi connectivity index (χ0) is 15.6. The fraction of sp³-hybridized carbons (Fsp3) is 0.400. The number of alkyl halides is 3. The zero-order valence-electron chi connectivity index (χ0n) is 11.9. The van der Waals surface area contributed by atoms with Crippen molar-refractivity contribution in [1.29, 1.82) is 0 Å². The van der Waals surface area contributed by atoms with Crippen LogP contribution in [0.3, 0.4) is 0 Å². The van der Waals surface area contributed by atoms with E-state index in [1.807, 2.05) is 13.8 Å². The molecule has 2 rings (SSSR count). The molecule has 2 aromatic rings. The highest BCUT2D eigenvalue weighted by molar-refractivity contribution is 5.28. The molecule has 1 heterocycles. The molecule has 0 spiro atoms. The van der Waals surface area contributed by atoms with Crippen LogP contribution in [0.25, 0.3) is 0 Å². The maximum Gasteiger partial charge on any atom is 0.416 e. The Kier molecular flexibility index (Phi) is 4.37. The Morgan fingerprint density at radius 3 is 2.29 bits per heavy atom. The average Bonchev–Trinajstić information content (AvgIpc) is 2.66. The van der Waals surface area contributed by atoms with Crippen molar-refractivity contribution in [3.63, 3.8) is 0 Å². The van der Waals surface area contributed by atoms with Gasteiger partial charge in [-0.05, 0) is 43.5 Å². The maximum atomic E-state index is 12.5. The van der Waals surface area contributed by atoms with Gasteiger partial charge in [0.1, 0.15) is 0 Å². The van der Waals surface area contributed by atoms with Crippen LogP contribution >= 0.6 is 0 Å². The largest absolute Gasteiger partial charge is 0.416 e. The fourth-order valence-corrected chi connectivity index (χ4v) is 2.33. The second-order valence-corrected chi connectivity index (χ2v) is 4.98. The van der Waals surface area contributed by atoms with E-state index in [4.69, 9.17) is 5.11 Å². The van der Waals surface area contributed by atoms with Gasteiger partial charge in [-0.25, -0.2) is 0 Å². The Hall–Kier alpha value is -1.82. The van der Waals surface area contributed by atoms with Crippen molar-refractivity contribution in [3.05, 3.63) is 52.3 Å². The monoisotopic (exact) mass is 298 g/mol. The lowest BCUT2D eigenvalue weighted by Gasteiger charge is -2.09. The molecule has 0 atom stereocenters. The van der Waals surface area contributed by atoms with E-state index >= 15 is 0 Å². The van der Waals surface area contributed by atoms with Crippen molar-refractivity contribution in [1.82, 2.24) is 9.78 Å². The summed E-state index contributed by atoms with van der Waals surface area (Å²) < 4.78 is 39.3. The van der Waals surface area contributed by atoms with Gasteiger partial charge in [0.25, 0.3) is 0 Å². The maximum absolute atomic E-state index is 12.5. The normalized spacial score (nSPS) is 11.9. The third-order valence-electron chi connectivity index (χ3n) is 3.51. The van der Waals surface area contributed by atoms with Crippen LogP contribution in [0.1, 0.15) is 28.1 Å². The Morgan fingerprint density at radius 1 is 1.14 bits per heavy atom. The number of benzene rings is 1. The lowest BCUT2D eigenvalue weighted by Crippen LogP contribution is -2.07. The molecule has 1 aromatic heterocycles. The summed E-state index contributed by atoms with van der Waals surface area (Å²) in [6.45, 7) is 4.22. The summed E-state index contributed by atoms with van der Waals surface area (Å²) in [5.41, 5.74) is 2.86. The topological polar surface area (TPSA) is 38.0 Å². The van der Waals surface area contributed by atoms with Crippen molar-refractivity contribution in [2.75, 3.05) is 6.61 Å². The van der Waals surface area contributed by atoms with Gasteiger partial charge in [0.05, 0.1) is 17.8 Å². The Bertz CT molecular complexity index is 615. The average molecular weight is 298 g/mol. The summed E-state index contributed by atoms with van der Waals surface area (Å²) in [4.78, 5) is 0. The van der Waals surface area contributed by atoms with Crippen LogP contribution < -0.4 is 0 Å². The van der Waals surface area contributed by atoms with E-state index in [9.17, 15) is 13.2 Å². The number of nitrogens with zero attached hydrogens (tertiary/aromatic N) is 2. The van der Waals surface area contributed by atoms with E-state index in [1.165, 1.54) is 12.1 Å². The SMILES string of the molecule is Cc1nn(Cc2ccc(C(F)(F)F)cc2)c(C)c1CCO. The first-order valence-electron chi connectivity index (χ1n) is 6.63. The Labute approximate surface area is 121 Å². The molecule has 1 aromatic carbocycles. The van der Waals surface area contributed by atoms with E-state index < -0.39 is 11.7 Å².